The molecular formula is C104H140N14. The lowest BCUT2D eigenvalue weighted by molar-refractivity contribution is 0.974. The SMILES string of the molecule is CC.CC.CC.CC.CC.CC.CC.CC.CC.CC.Cc1ccc2ccccc2n1.Cc1ccc2cccnc2c1.Cc1ccc2ncccc2c1.Cc1cccc2cccnc12.Cc1cccc2ncccc12.Cc1ccnc2ccccc12.Cc1cnc2ccccc2c1.Cc1cncnc1.Cc1ncccn1.Cc1ncncn1. The summed E-state index contributed by atoms with van der Waals surface area (Å²) in [6, 6.07) is 75.6. The molecule has 0 saturated heterocycles. The zero-order chi connectivity index (χ0) is 89.1. The molecule has 17 rings (SSSR count). The third-order valence-corrected chi connectivity index (χ3v) is 14.6. The Balaban J connectivity index is -0.00000122. The van der Waals surface area contributed by atoms with Crippen molar-refractivity contribution >= 4 is 76.3 Å². The van der Waals surface area contributed by atoms with E-state index >= 15 is 0 Å². The molecule has 0 saturated carbocycles. The first-order valence-electron chi connectivity index (χ1n) is 42.0. The highest BCUT2D eigenvalue weighted by Crippen LogP contribution is 2.19. The van der Waals surface area contributed by atoms with Gasteiger partial charge in [0.15, 0.2) is 0 Å². The van der Waals surface area contributed by atoms with E-state index in [0.29, 0.717) is 0 Å². The minimum Gasteiger partial charge on any atom is -0.256 e. The number of pyridine rings is 7. The average molecular weight is 1590 g/mol. The normalized spacial score (nSPS) is 8.76. The van der Waals surface area contributed by atoms with Crippen molar-refractivity contribution in [3.05, 3.63) is 362 Å². The van der Waals surface area contributed by atoms with Gasteiger partial charge in [-0.05, 0) is 194 Å². The van der Waals surface area contributed by atoms with Crippen LogP contribution in [-0.2, 0) is 0 Å². The molecule has 10 heterocycles. The molecular weight excluding hydrogens is 1450 g/mol. The highest BCUT2D eigenvalue weighted by Gasteiger charge is 1.99. The Hall–Kier alpha value is -12.4. The lowest BCUT2D eigenvalue weighted by atomic mass is 10.1. The largest absolute Gasteiger partial charge is 0.256 e. The number of aromatic nitrogens is 14. The van der Waals surface area contributed by atoms with Crippen LogP contribution < -0.4 is 0 Å². The number of fused-ring (bicyclic) bond motifs is 7. The van der Waals surface area contributed by atoms with E-state index in [1.165, 1.54) is 90.1 Å². The van der Waals surface area contributed by atoms with Crippen molar-refractivity contribution in [1.82, 2.24) is 69.8 Å². The highest BCUT2D eigenvalue weighted by molar-refractivity contribution is 5.84. The van der Waals surface area contributed by atoms with E-state index in [1.54, 1.807) is 30.9 Å². The number of hydrogen-bond donors (Lipinski definition) is 0. The smallest absolute Gasteiger partial charge is 0.128 e. The van der Waals surface area contributed by atoms with Gasteiger partial charge in [0, 0.05) is 105 Å². The maximum absolute atomic E-state index is 4.38. The van der Waals surface area contributed by atoms with Gasteiger partial charge in [0.1, 0.15) is 30.6 Å². The summed E-state index contributed by atoms with van der Waals surface area (Å²) in [4.78, 5) is 56.3. The molecule has 118 heavy (non-hydrogen) atoms. The van der Waals surface area contributed by atoms with Crippen LogP contribution in [0.5, 0.6) is 0 Å². The molecule has 14 heteroatoms. The van der Waals surface area contributed by atoms with Gasteiger partial charge in [-0.2, -0.15) is 0 Å². The van der Waals surface area contributed by atoms with Crippen LogP contribution in [0, 0.1) is 69.2 Å². The maximum Gasteiger partial charge on any atom is 0.128 e. The Labute approximate surface area is 711 Å². The second kappa shape index (κ2) is 73.5. The molecule has 0 N–H and O–H groups in total. The molecule has 0 unspecified atom stereocenters. The minimum atomic E-state index is 0.759. The van der Waals surface area contributed by atoms with Crippen LogP contribution in [0.3, 0.4) is 0 Å². The first-order chi connectivity index (χ1) is 57.8. The fourth-order valence-electron chi connectivity index (χ4n) is 9.52. The lowest BCUT2D eigenvalue weighted by Crippen LogP contribution is -1.84. The number of para-hydroxylation sites is 4. The van der Waals surface area contributed by atoms with Crippen molar-refractivity contribution in [2.24, 2.45) is 0 Å². The van der Waals surface area contributed by atoms with E-state index in [-0.39, 0.29) is 0 Å². The van der Waals surface area contributed by atoms with Crippen molar-refractivity contribution in [2.75, 3.05) is 0 Å². The molecule has 0 aliphatic rings. The van der Waals surface area contributed by atoms with E-state index < -0.39 is 0 Å². The molecule has 10 aromatic heterocycles. The Morgan fingerprint density at radius 3 is 1.12 bits per heavy atom. The molecule has 0 radical (unpaired) electrons. The van der Waals surface area contributed by atoms with Gasteiger partial charge in [-0.25, -0.2) is 34.9 Å². The van der Waals surface area contributed by atoms with Crippen molar-refractivity contribution in [3.63, 3.8) is 0 Å². The van der Waals surface area contributed by atoms with Gasteiger partial charge < -0.3 is 0 Å². The maximum atomic E-state index is 4.38. The van der Waals surface area contributed by atoms with Crippen molar-refractivity contribution < 1.29 is 0 Å². The number of nitrogens with zero attached hydrogens (tertiary/aromatic N) is 14. The molecule has 0 fully saturated rings. The fourth-order valence-corrected chi connectivity index (χ4v) is 9.52. The van der Waals surface area contributed by atoms with Crippen LogP contribution in [0.4, 0.5) is 0 Å². The number of rotatable bonds is 0. The van der Waals surface area contributed by atoms with E-state index in [0.717, 1.165) is 61.5 Å². The summed E-state index contributed by atoms with van der Waals surface area (Å²) < 4.78 is 0. The standard InChI is InChI=1S/7C10H9N.2C5H6N2.C4H5N3.10C2H6/c1-8-4-2-6-10-9(8)5-3-7-11-10;1-8-4-2-5-9-6-3-7-11-10(8)9;1-8-4-5-10-9(7-8)3-2-6-11-10;1-8-4-5-9-3-2-6-11-10(9)7-8;1-8-6-9-4-2-3-5-10(9)11-7-8;1-8-6-7-11-10-5-3-2-4-9(8)10;1-8-6-7-9-4-2-3-5-10(9)11-8;1-5-2-6-4-7-3-5;1-5-6-3-2-4-7-5;1-4-6-2-5-3-7-4;10*1-2/h7*2-7H,1H3;2*2-4H,1H3;2-3H,1H3;10*1-2H3. The van der Waals surface area contributed by atoms with E-state index in [4.69, 9.17) is 0 Å². The predicted octanol–water partition coefficient (Wildman–Crippen LogP) is 29.8. The van der Waals surface area contributed by atoms with Gasteiger partial charge in [0.25, 0.3) is 0 Å². The van der Waals surface area contributed by atoms with Crippen molar-refractivity contribution in [1.29, 1.82) is 0 Å². The van der Waals surface area contributed by atoms with Crippen LogP contribution >= 0.6 is 0 Å². The van der Waals surface area contributed by atoms with Crippen LogP contribution in [0.1, 0.15) is 195 Å². The summed E-state index contributed by atoms with van der Waals surface area (Å²) in [5, 5.41) is 8.55. The van der Waals surface area contributed by atoms with E-state index in [2.05, 4.69) is 221 Å². The third-order valence-electron chi connectivity index (χ3n) is 14.6. The molecule has 0 atom stereocenters. The molecule has 14 nitrogen and oxygen atoms in total. The van der Waals surface area contributed by atoms with Gasteiger partial charge in [0.05, 0.1) is 38.6 Å². The molecule has 0 bridgehead atoms. The van der Waals surface area contributed by atoms with Gasteiger partial charge in [-0.1, -0.05) is 277 Å². The average Bonchev–Trinajstić information content (AvgIpc) is 0.814. The predicted molar refractivity (Wildman–Crippen MR) is 517 cm³/mol. The fraction of sp³-hybridized carbons (Fsp3) is 0.288. The summed E-state index contributed by atoms with van der Waals surface area (Å²) >= 11 is 0. The van der Waals surface area contributed by atoms with Crippen LogP contribution in [0.2, 0.25) is 0 Å². The molecule has 7 aromatic carbocycles. The summed E-state index contributed by atoms with van der Waals surface area (Å²) in [6.45, 7) is 60.2. The zero-order valence-electron chi connectivity index (χ0n) is 77.1. The Kier molecular flexibility index (Phi) is 68.3. The van der Waals surface area contributed by atoms with Gasteiger partial charge in [0.2, 0.25) is 0 Å². The summed E-state index contributed by atoms with van der Waals surface area (Å²) in [6.07, 6.45) is 22.5. The van der Waals surface area contributed by atoms with Crippen LogP contribution in [-0.4, -0.2) is 69.8 Å². The highest BCUT2D eigenvalue weighted by atomic mass is 15.0. The lowest BCUT2D eigenvalue weighted by Gasteiger charge is -1.97. The minimum absolute atomic E-state index is 0.759. The molecule has 0 amide bonds. The Morgan fingerprint density at radius 1 is 0.195 bits per heavy atom. The van der Waals surface area contributed by atoms with Gasteiger partial charge in [-0.15, -0.1) is 0 Å². The molecule has 17 aromatic rings. The number of aryl methyl sites for hydroxylation is 10. The van der Waals surface area contributed by atoms with Crippen molar-refractivity contribution in [2.45, 2.75) is 208 Å². The third kappa shape index (κ3) is 45.6. The Bertz CT molecular complexity index is 4580. The van der Waals surface area contributed by atoms with Crippen LogP contribution in [0.15, 0.2) is 305 Å². The molecule has 0 aliphatic carbocycles. The van der Waals surface area contributed by atoms with E-state index in [1.807, 2.05) is 313 Å². The first-order valence-corrected chi connectivity index (χ1v) is 42.0. The second-order valence-corrected chi connectivity index (χ2v) is 22.6. The van der Waals surface area contributed by atoms with E-state index in [9.17, 15) is 0 Å². The first kappa shape index (κ1) is 110. The van der Waals surface area contributed by atoms with Crippen LogP contribution in [0.25, 0.3) is 76.3 Å². The number of hydrogen-bond acceptors (Lipinski definition) is 14. The summed E-state index contributed by atoms with van der Waals surface area (Å²) in [5.74, 6) is 1.58. The quantitative estimate of drug-likeness (QED) is 0.140. The topological polar surface area (TPSA) is 180 Å². The summed E-state index contributed by atoms with van der Waals surface area (Å²) in [5.41, 5.74) is 17.3. The molecule has 0 spiro atoms. The van der Waals surface area contributed by atoms with Gasteiger partial charge in [-0.3, -0.25) is 34.9 Å². The van der Waals surface area contributed by atoms with Gasteiger partial charge >= 0.3 is 0 Å². The second-order valence-electron chi connectivity index (χ2n) is 22.6. The molecule has 0 aliphatic heterocycles. The zero-order valence-corrected chi connectivity index (χ0v) is 77.1. The Morgan fingerprint density at radius 2 is 0.576 bits per heavy atom. The number of benzene rings is 7. The monoisotopic (exact) mass is 1590 g/mol. The van der Waals surface area contributed by atoms with Crippen molar-refractivity contribution in [3.8, 4) is 0 Å². The summed E-state index contributed by atoms with van der Waals surface area (Å²) in [7, 11) is 0. The molecule has 626 valence electrons.